The summed E-state index contributed by atoms with van der Waals surface area (Å²) in [5, 5.41) is 5.54. The minimum absolute atomic E-state index is 0.208. The first kappa shape index (κ1) is 16.7. The van der Waals surface area contributed by atoms with Crippen molar-refractivity contribution < 1.29 is 9.59 Å². The maximum Gasteiger partial charge on any atom is 0.233 e. The summed E-state index contributed by atoms with van der Waals surface area (Å²) in [6.45, 7) is 7.86. The molecule has 4 nitrogen and oxygen atoms in total. The van der Waals surface area contributed by atoms with Gasteiger partial charge in [-0.25, -0.2) is 0 Å². The van der Waals surface area contributed by atoms with E-state index in [0.717, 1.165) is 27.9 Å². The normalized spacial score (nSPS) is 10.3. The van der Waals surface area contributed by atoms with Crippen LogP contribution in [0.4, 0.5) is 11.4 Å². The Kier molecular flexibility index (Phi) is 5.16. The fraction of sp³-hybridized carbons (Fsp3) is 0.263. The second-order valence-electron chi connectivity index (χ2n) is 5.97. The molecule has 4 heteroatoms. The van der Waals surface area contributed by atoms with Crippen LogP contribution in [-0.2, 0) is 9.59 Å². The van der Waals surface area contributed by atoms with Gasteiger partial charge in [-0.2, -0.15) is 0 Å². The van der Waals surface area contributed by atoms with Crippen molar-refractivity contribution >= 4 is 23.2 Å². The van der Waals surface area contributed by atoms with E-state index < -0.39 is 0 Å². The molecule has 0 spiro atoms. The summed E-state index contributed by atoms with van der Waals surface area (Å²) in [4.78, 5) is 24.0. The highest BCUT2D eigenvalue weighted by molar-refractivity contribution is 6.08. The Balaban J connectivity index is 1.95. The third kappa shape index (κ3) is 4.95. The first-order valence-electron chi connectivity index (χ1n) is 7.59. The standard InChI is InChI=1S/C19H22N2O2/c1-12-5-6-17(15(4)8-12)21-19(23)11-18(22)20-16-9-13(2)7-14(3)10-16/h5-10H,11H2,1-4H3,(H,20,22)(H,21,23). The third-order valence-electron chi connectivity index (χ3n) is 3.48. The van der Waals surface area contributed by atoms with E-state index in [4.69, 9.17) is 0 Å². The van der Waals surface area contributed by atoms with Gasteiger partial charge in [-0.15, -0.1) is 0 Å². The van der Waals surface area contributed by atoms with Gasteiger partial charge in [-0.1, -0.05) is 23.8 Å². The highest BCUT2D eigenvalue weighted by Gasteiger charge is 2.11. The molecule has 0 heterocycles. The Morgan fingerprint density at radius 1 is 0.783 bits per heavy atom. The number of amides is 2. The summed E-state index contributed by atoms with van der Waals surface area (Å²) in [6.07, 6.45) is -0.208. The van der Waals surface area contributed by atoms with Crippen LogP contribution in [0.5, 0.6) is 0 Å². The van der Waals surface area contributed by atoms with Gasteiger partial charge in [0.15, 0.2) is 0 Å². The molecule has 0 aliphatic carbocycles. The van der Waals surface area contributed by atoms with Crippen molar-refractivity contribution in [1.29, 1.82) is 0 Å². The van der Waals surface area contributed by atoms with E-state index in [2.05, 4.69) is 10.6 Å². The molecule has 0 atom stereocenters. The van der Waals surface area contributed by atoms with E-state index in [0.29, 0.717) is 5.69 Å². The van der Waals surface area contributed by atoms with Crippen molar-refractivity contribution in [2.24, 2.45) is 0 Å². The van der Waals surface area contributed by atoms with Crippen LogP contribution in [0, 0.1) is 27.7 Å². The molecule has 0 aliphatic rings. The largest absolute Gasteiger partial charge is 0.326 e. The van der Waals surface area contributed by atoms with E-state index in [1.807, 2.05) is 64.1 Å². The number of hydrogen-bond donors (Lipinski definition) is 2. The monoisotopic (exact) mass is 310 g/mol. The molecule has 0 saturated heterocycles. The lowest BCUT2D eigenvalue weighted by molar-refractivity contribution is -0.123. The first-order chi connectivity index (χ1) is 10.8. The van der Waals surface area contributed by atoms with Crippen LogP contribution >= 0.6 is 0 Å². The van der Waals surface area contributed by atoms with Gasteiger partial charge in [-0.05, 0) is 62.6 Å². The SMILES string of the molecule is Cc1cc(C)cc(NC(=O)CC(=O)Nc2ccc(C)cc2C)c1. The number of benzene rings is 2. The van der Waals surface area contributed by atoms with Crippen molar-refractivity contribution in [3.8, 4) is 0 Å². The Hall–Kier alpha value is -2.62. The van der Waals surface area contributed by atoms with Crippen LogP contribution in [0.1, 0.15) is 28.7 Å². The average molecular weight is 310 g/mol. The summed E-state index contributed by atoms with van der Waals surface area (Å²) in [5.74, 6) is -0.643. The van der Waals surface area contributed by atoms with E-state index in [9.17, 15) is 9.59 Å². The Labute approximate surface area is 136 Å². The predicted molar refractivity (Wildman–Crippen MR) is 93.7 cm³/mol. The lowest BCUT2D eigenvalue weighted by Gasteiger charge is -2.10. The van der Waals surface area contributed by atoms with Crippen molar-refractivity contribution in [3.05, 3.63) is 58.7 Å². The lowest BCUT2D eigenvalue weighted by Crippen LogP contribution is -2.21. The molecule has 0 saturated carbocycles. The van der Waals surface area contributed by atoms with Gasteiger partial charge in [0.25, 0.3) is 0 Å². The van der Waals surface area contributed by atoms with Crippen LogP contribution in [0.2, 0.25) is 0 Å². The lowest BCUT2D eigenvalue weighted by atomic mass is 10.1. The minimum atomic E-state index is -0.322. The number of carbonyl (C=O) groups is 2. The van der Waals surface area contributed by atoms with Crippen LogP contribution in [0.25, 0.3) is 0 Å². The Morgan fingerprint density at radius 2 is 1.39 bits per heavy atom. The fourth-order valence-corrected chi connectivity index (χ4v) is 2.55. The highest BCUT2D eigenvalue weighted by atomic mass is 16.2. The quantitative estimate of drug-likeness (QED) is 0.842. The molecule has 23 heavy (non-hydrogen) atoms. The molecule has 0 bridgehead atoms. The molecule has 0 fully saturated rings. The highest BCUT2D eigenvalue weighted by Crippen LogP contribution is 2.17. The minimum Gasteiger partial charge on any atom is -0.326 e. The fourth-order valence-electron chi connectivity index (χ4n) is 2.55. The summed E-state index contributed by atoms with van der Waals surface area (Å²) in [6, 6.07) is 11.6. The number of aryl methyl sites for hydroxylation is 4. The van der Waals surface area contributed by atoms with Crippen LogP contribution in [0.3, 0.4) is 0 Å². The predicted octanol–water partition coefficient (Wildman–Crippen LogP) is 3.89. The number of anilines is 2. The second kappa shape index (κ2) is 7.09. The molecule has 0 radical (unpaired) electrons. The van der Waals surface area contributed by atoms with Gasteiger partial charge in [0, 0.05) is 11.4 Å². The number of carbonyl (C=O) groups excluding carboxylic acids is 2. The Morgan fingerprint density at radius 3 is 2.00 bits per heavy atom. The summed E-state index contributed by atoms with van der Waals surface area (Å²) >= 11 is 0. The molecule has 0 aromatic heterocycles. The summed E-state index contributed by atoms with van der Waals surface area (Å²) < 4.78 is 0. The molecule has 2 N–H and O–H groups in total. The van der Waals surface area contributed by atoms with Crippen molar-refractivity contribution in [1.82, 2.24) is 0 Å². The molecule has 2 amide bonds. The van der Waals surface area contributed by atoms with Gasteiger partial charge in [0.2, 0.25) is 11.8 Å². The molecule has 0 aliphatic heterocycles. The van der Waals surface area contributed by atoms with Crippen LogP contribution in [0.15, 0.2) is 36.4 Å². The molecule has 2 rings (SSSR count). The molecule has 120 valence electrons. The average Bonchev–Trinajstić information content (AvgIpc) is 2.40. The van der Waals surface area contributed by atoms with Gasteiger partial charge in [0.05, 0.1) is 0 Å². The van der Waals surface area contributed by atoms with E-state index in [1.54, 1.807) is 0 Å². The van der Waals surface area contributed by atoms with E-state index >= 15 is 0 Å². The topological polar surface area (TPSA) is 58.2 Å². The smallest absolute Gasteiger partial charge is 0.233 e. The van der Waals surface area contributed by atoms with Gasteiger partial charge in [0.1, 0.15) is 6.42 Å². The van der Waals surface area contributed by atoms with E-state index in [1.165, 1.54) is 0 Å². The van der Waals surface area contributed by atoms with E-state index in [-0.39, 0.29) is 18.2 Å². The Bertz CT molecular complexity index is 731. The maximum atomic E-state index is 12.0. The van der Waals surface area contributed by atoms with Crippen LogP contribution < -0.4 is 10.6 Å². The molecule has 2 aromatic rings. The van der Waals surface area contributed by atoms with Crippen molar-refractivity contribution in [2.45, 2.75) is 34.1 Å². The number of rotatable bonds is 4. The first-order valence-corrected chi connectivity index (χ1v) is 7.59. The zero-order chi connectivity index (χ0) is 17.0. The molecule has 0 unspecified atom stereocenters. The third-order valence-corrected chi connectivity index (χ3v) is 3.48. The van der Waals surface area contributed by atoms with Crippen molar-refractivity contribution in [2.75, 3.05) is 10.6 Å². The zero-order valence-electron chi connectivity index (χ0n) is 14.0. The van der Waals surface area contributed by atoms with Gasteiger partial charge < -0.3 is 10.6 Å². The maximum absolute atomic E-state index is 12.0. The zero-order valence-corrected chi connectivity index (χ0v) is 14.0. The van der Waals surface area contributed by atoms with Gasteiger partial charge >= 0.3 is 0 Å². The molecular weight excluding hydrogens is 288 g/mol. The van der Waals surface area contributed by atoms with Gasteiger partial charge in [-0.3, -0.25) is 9.59 Å². The molecular formula is C19H22N2O2. The number of hydrogen-bond acceptors (Lipinski definition) is 2. The van der Waals surface area contributed by atoms with Crippen LogP contribution in [-0.4, -0.2) is 11.8 Å². The second-order valence-corrected chi connectivity index (χ2v) is 5.97. The number of nitrogens with one attached hydrogen (secondary N) is 2. The summed E-state index contributed by atoms with van der Waals surface area (Å²) in [5.41, 5.74) is 5.70. The molecule has 2 aromatic carbocycles. The van der Waals surface area contributed by atoms with Crippen molar-refractivity contribution in [3.63, 3.8) is 0 Å². The summed E-state index contributed by atoms with van der Waals surface area (Å²) in [7, 11) is 0.